The second-order valence-electron chi connectivity index (χ2n) is 6.23. The molecule has 0 aromatic carbocycles. The van der Waals surface area contributed by atoms with Crippen LogP contribution in [0.4, 0.5) is 5.82 Å². The fraction of sp³-hybridized carbons (Fsp3) is 0.412. The second kappa shape index (κ2) is 5.30. The number of allylic oxidation sites excluding steroid dienone is 6. The zero-order valence-electron chi connectivity index (χ0n) is 12.7. The summed E-state index contributed by atoms with van der Waals surface area (Å²) in [6, 6.07) is 0. The van der Waals surface area contributed by atoms with E-state index >= 15 is 0 Å². The van der Waals surface area contributed by atoms with Crippen LogP contribution < -0.4 is 5.32 Å². The van der Waals surface area contributed by atoms with Gasteiger partial charge in [0.1, 0.15) is 5.82 Å². The van der Waals surface area contributed by atoms with Crippen LogP contribution in [0.25, 0.3) is 0 Å². The van der Waals surface area contributed by atoms with Crippen LogP contribution in [0, 0.1) is 5.41 Å². The number of halogens is 1. The summed E-state index contributed by atoms with van der Waals surface area (Å²) in [4.78, 5) is 8.78. The Bertz CT molecular complexity index is 656. The maximum atomic E-state index is 6.08. The number of nitrogens with one attached hydrogen (secondary N) is 1. The first-order valence-electron chi connectivity index (χ1n) is 7.33. The lowest BCUT2D eigenvalue weighted by atomic mass is 9.91. The molecule has 3 nitrogen and oxygen atoms in total. The summed E-state index contributed by atoms with van der Waals surface area (Å²) in [5, 5.41) is 3.45. The third kappa shape index (κ3) is 2.75. The number of hydrogen-bond acceptors (Lipinski definition) is 3. The van der Waals surface area contributed by atoms with Crippen molar-refractivity contribution >= 4 is 17.4 Å². The quantitative estimate of drug-likeness (QED) is 0.829. The van der Waals surface area contributed by atoms with Crippen molar-refractivity contribution in [1.29, 1.82) is 0 Å². The fourth-order valence-electron chi connectivity index (χ4n) is 3.03. The Morgan fingerprint density at radius 2 is 2.10 bits per heavy atom. The number of nitrogens with zero attached hydrogens (tertiary/aromatic N) is 2. The van der Waals surface area contributed by atoms with Crippen LogP contribution in [-0.4, -0.2) is 17.0 Å². The molecule has 0 bridgehead atoms. The third-order valence-corrected chi connectivity index (χ3v) is 4.35. The summed E-state index contributed by atoms with van der Waals surface area (Å²) >= 11 is 6.08. The van der Waals surface area contributed by atoms with E-state index in [9.17, 15) is 0 Å². The highest BCUT2D eigenvalue weighted by Gasteiger charge is 2.30. The SMILES string of the molecule is CNc1nc(Cl)nc2c1CCC2C1=CC=CC(C)(C)C=C1. The van der Waals surface area contributed by atoms with Crippen molar-refractivity contribution in [3.05, 3.63) is 52.5 Å². The van der Waals surface area contributed by atoms with Crippen molar-refractivity contribution in [2.75, 3.05) is 12.4 Å². The molecule has 3 rings (SSSR count). The molecule has 0 fully saturated rings. The molecule has 0 amide bonds. The highest BCUT2D eigenvalue weighted by molar-refractivity contribution is 6.28. The van der Waals surface area contributed by atoms with Crippen molar-refractivity contribution in [2.24, 2.45) is 5.41 Å². The van der Waals surface area contributed by atoms with Crippen LogP contribution in [0.3, 0.4) is 0 Å². The maximum absolute atomic E-state index is 6.08. The number of fused-ring (bicyclic) bond motifs is 1. The molecule has 0 saturated heterocycles. The van der Waals surface area contributed by atoms with E-state index in [4.69, 9.17) is 11.6 Å². The Kier molecular flexibility index (Phi) is 3.62. The van der Waals surface area contributed by atoms with Gasteiger partial charge in [-0.3, -0.25) is 0 Å². The monoisotopic (exact) mass is 301 g/mol. The van der Waals surface area contributed by atoms with Crippen molar-refractivity contribution in [2.45, 2.75) is 32.6 Å². The van der Waals surface area contributed by atoms with E-state index in [0.717, 1.165) is 24.4 Å². The topological polar surface area (TPSA) is 37.8 Å². The summed E-state index contributed by atoms with van der Waals surface area (Å²) in [5.41, 5.74) is 3.67. The highest BCUT2D eigenvalue weighted by Crippen LogP contribution is 2.41. The van der Waals surface area contributed by atoms with Gasteiger partial charge in [-0.2, -0.15) is 0 Å². The molecule has 1 aromatic rings. The van der Waals surface area contributed by atoms with Crippen LogP contribution in [-0.2, 0) is 6.42 Å². The minimum absolute atomic E-state index is 0.0964. The van der Waals surface area contributed by atoms with E-state index in [0.29, 0.717) is 11.2 Å². The molecule has 0 spiro atoms. The second-order valence-corrected chi connectivity index (χ2v) is 6.56. The minimum atomic E-state index is 0.0964. The predicted molar refractivity (Wildman–Crippen MR) is 87.8 cm³/mol. The molecule has 1 aromatic heterocycles. The van der Waals surface area contributed by atoms with Crippen molar-refractivity contribution in [3.63, 3.8) is 0 Å². The average Bonchev–Trinajstić information content (AvgIpc) is 2.76. The molecule has 1 unspecified atom stereocenters. The lowest BCUT2D eigenvalue weighted by Crippen LogP contribution is -2.05. The zero-order chi connectivity index (χ0) is 15.0. The van der Waals surface area contributed by atoms with Gasteiger partial charge in [0.05, 0.1) is 5.69 Å². The van der Waals surface area contributed by atoms with E-state index in [1.165, 1.54) is 11.1 Å². The standard InChI is InChI=1S/C17H20ClN3/c1-17(2)9-4-5-11(8-10-17)12-6-7-13-14(12)20-16(18)21-15(13)19-3/h4-5,8-10,12H,6-7H2,1-3H3,(H,19,20,21). The van der Waals surface area contributed by atoms with Crippen LogP contribution in [0.2, 0.25) is 5.28 Å². The Morgan fingerprint density at radius 3 is 2.86 bits per heavy atom. The van der Waals surface area contributed by atoms with Gasteiger partial charge in [0.25, 0.3) is 0 Å². The van der Waals surface area contributed by atoms with E-state index < -0.39 is 0 Å². The largest absolute Gasteiger partial charge is 0.373 e. The van der Waals surface area contributed by atoms with Gasteiger partial charge < -0.3 is 5.32 Å². The number of aromatic nitrogens is 2. The van der Waals surface area contributed by atoms with Crippen molar-refractivity contribution < 1.29 is 0 Å². The van der Waals surface area contributed by atoms with Gasteiger partial charge in [-0.25, -0.2) is 9.97 Å². The van der Waals surface area contributed by atoms with Crippen molar-refractivity contribution in [3.8, 4) is 0 Å². The van der Waals surface area contributed by atoms with Crippen LogP contribution in [0.15, 0.2) is 36.0 Å². The Labute approximate surface area is 130 Å². The normalized spacial score (nSPS) is 22.7. The zero-order valence-corrected chi connectivity index (χ0v) is 13.4. The summed E-state index contributed by atoms with van der Waals surface area (Å²) in [5.74, 6) is 1.17. The van der Waals surface area contributed by atoms with Gasteiger partial charge in [-0.1, -0.05) is 44.2 Å². The molecule has 0 radical (unpaired) electrons. The molecule has 1 atom stereocenters. The first-order valence-corrected chi connectivity index (χ1v) is 7.71. The third-order valence-electron chi connectivity index (χ3n) is 4.18. The molecule has 2 aliphatic rings. The first-order chi connectivity index (χ1) is 10.00. The lowest BCUT2D eigenvalue weighted by molar-refractivity contribution is 0.626. The van der Waals surface area contributed by atoms with E-state index in [1.54, 1.807) is 0 Å². The molecular weight excluding hydrogens is 282 g/mol. The van der Waals surface area contributed by atoms with E-state index in [-0.39, 0.29) is 5.41 Å². The summed E-state index contributed by atoms with van der Waals surface area (Å²) in [6.45, 7) is 4.41. The van der Waals surface area contributed by atoms with Gasteiger partial charge in [0.15, 0.2) is 0 Å². The predicted octanol–water partition coefficient (Wildman–Crippen LogP) is 4.28. The van der Waals surface area contributed by atoms with Gasteiger partial charge in [-0.15, -0.1) is 0 Å². The molecule has 2 aliphatic carbocycles. The molecule has 1 heterocycles. The van der Waals surface area contributed by atoms with Crippen LogP contribution >= 0.6 is 11.6 Å². The number of anilines is 1. The highest BCUT2D eigenvalue weighted by atomic mass is 35.5. The van der Waals surface area contributed by atoms with Gasteiger partial charge in [-0.05, 0) is 30.0 Å². The first kappa shape index (κ1) is 14.3. The Morgan fingerprint density at radius 1 is 1.29 bits per heavy atom. The van der Waals surface area contributed by atoms with E-state index in [1.807, 2.05) is 7.05 Å². The van der Waals surface area contributed by atoms with Gasteiger partial charge in [0, 0.05) is 23.9 Å². The Balaban J connectivity index is 2.01. The number of rotatable bonds is 2. The Hall–Kier alpha value is -1.61. The molecule has 110 valence electrons. The molecule has 21 heavy (non-hydrogen) atoms. The number of hydrogen-bond donors (Lipinski definition) is 1. The van der Waals surface area contributed by atoms with Gasteiger partial charge >= 0.3 is 0 Å². The molecule has 0 aliphatic heterocycles. The average molecular weight is 302 g/mol. The summed E-state index contributed by atoms with van der Waals surface area (Å²) < 4.78 is 0. The molecule has 1 N–H and O–H groups in total. The minimum Gasteiger partial charge on any atom is -0.373 e. The van der Waals surface area contributed by atoms with E-state index in [2.05, 4.69) is 59.5 Å². The maximum Gasteiger partial charge on any atom is 0.224 e. The van der Waals surface area contributed by atoms with Gasteiger partial charge in [0.2, 0.25) is 5.28 Å². The molecular formula is C17H20ClN3. The summed E-state index contributed by atoms with van der Waals surface area (Å²) in [6.07, 6.45) is 13.1. The van der Waals surface area contributed by atoms with Crippen LogP contribution in [0.5, 0.6) is 0 Å². The fourth-order valence-corrected chi connectivity index (χ4v) is 3.20. The van der Waals surface area contributed by atoms with Crippen molar-refractivity contribution in [1.82, 2.24) is 9.97 Å². The molecule has 0 saturated carbocycles. The summed E-state index contributed by atoms with van der Waals surface area (Å²) in [7, 11) is 1.88. The smallest absolute Gasteiger partial charge is 0.224 e. The lowest BCUT2D eigenvalue weighted by Gasteiger charge is -2.15. The molecule has 4 heteroatoms. The van der Waals surface area contributed by atoms with Crippen LogP contribution in [0.1, 0.15) is 37.4 Å².